The van der Waals surface area contributed by atoms with Crippen LogP contribution in [0.1, 0.15) is 10.4 Å². The fourth-order valence-corrected chi connectivity index (χ4v) is 2.23. The number of aromatic nitrogens is 2. The van der Waals surface area contributed by atoms with Gasteiger partial charge in [0.25, 0.3) is 5.91 Å². The molecule has 2 aromatic carbocycles. The molecule has 1 heterocycles. The normalized spacial score (nSPS) is 10.3. The Hall–Kier alpha value is -3.48. The first-order valence-electron chi connectivity index (χ1n) is 8.05. The van der Waals surface area contributed by atoms with Crippen LogP contribution in [-0.4, -0.2) is 41.6 Å². The number of amides is 1. The molecular formula is C19H17N3O4. The number of benzene rings is 2. The zero-order valence-electron chi connectivity index (χ0n) is 13.9. The van der Waals surface area contributed by atoms with Gasteiger partial charge in [-0.05, 0) is 30.3 Å². The lowest BCUT2D eigenvalue weighted by Crippen LogP contribution is -2.32. The van der Waals surface area contributed by atoms with Crippen LogP contribution in [-0.2, 0) is 9.53 Å². The Morgan fingerprint density at radius 3 is 2.54 bits per heavy atom. The summed E-state index contributed by atoms with van der Waals surface area (Å²) in [4.78, 5) is 32.0. The van der Waals surface area contributed by atoms with Crippen LogP contribution < -0.4 is 10.1 Å². The molecule has 26 heavy (non-hydrogen) atoms. The summed E-state index contributed by atoms with van der Waals surface area (Å²) < 4.78 is 10.5. The van der Waals surface area contributed by atoms with Gasteiger partial charge < -0.3 is 14.8 Å². The number of esters is 1. The highest BCUT2D eigenvalue weighted by Gasteiger charge is 2.11. The van der Waals surface area contributed by atoms with Crippen molar-refractivity contribution in [3.8, 4) is 5.75 Å². The molecule has 3 rings (SSSR count). The van der Waals surface area contributed by atoms with E-state index in [1.54, 1.807) is 30.6 Å². The molecule has 132 valence electrons. The average Bonchev–Trinajstić information content (AvgIpc) is 2.70. The Kier molecular flexibility index (Phi) is 5.72. The van der Waals surface area contributed by atoms with Gasteiger partial charge in [-0.1, -0.05) is 18.2 Å². The largest absolute Gasteiger partial charge is 0.492 e. The van der Waals surface area contributed by atoms with Crippen molar-refractivity contribution in [2.45, 2.75) is 0 Å². The summed E-state index contributed by atoms with van der Waals surface area (Å²) in [6, 6.07) is 14.1. The summed E-state index contributed by atoms with van der Waals surface area (Å²) in [6.45, 7) is 0.284. The molecule has 0 spiro atoms. The number of carbonyl (C=O) groups excluding carboxylic acids is 2. The highest BCUT2D eigenvalue weighted by Crippen LogP contribution is 2.11. The number of hydrogen-bond donors (Lipinski definition) is 1. The Morgan fingerprint density at radius 2 is 1.73 bits per heavy atom. The zero-order valence-corrected chi connectivity index (χ0v) is 13.9. The Labute approximate surface area is 150 Å². The average molecular weight is 351 g/mol. The Morgan fingerprint density at radius 1 is 0.962 bits per heavy atom. The van der Waals surface area contributed by atoms with Crippen molar-refractivity contribution >= 4 is 22.9 Å². The van der Waals surface area contributed by atoms with Crippen LogP contribution in [0, 0.1) is 0 Å². The van der Waals surface area contributed by atoms with E-state index in [0.717, 1.165) is 5.75 Å². The molecular weight excluding hydrogens is 334 g/mol. The van der Waals surface area contributed by atoms with Crippen molar-refractivity contribution in [3.63, 3.8) is 0 Å². The van der Waals surface area contributed by atoms with Crippen molar-refractivity contribution in [1.29, 1.82) is 0 Å². The Balaban J connectivity index is 1.41. The van der Waals surface area contributed by atoms with Crippen LogP contribution in [0.2, 0.25) is 0 Å². The maximum absolute atomic E-state index is 12.0. The van der Waals surface area contributed by atoms with Gasteiger partial charge in [-0.2, -0.15) is 0 Å². The molecule has 0 aliphatic heterocycles. The first-order valence-corrected chi connectivity index (χ1v) is 8.05. The molecule has 0 fully saturated rings. The monoisotopic (exact) mass is 351 g/mol. The predicted molar refractivity (Wildman–Crippen MR) is 94.8 cm³/mol. The number of nitrogens with zero attached hydrogens (tertiary/aromatic N) is 2. The third kappa shape index (κ3) is 4.76. The summed E-state index contributed by atoms with van der Waals surface area (Å²) in [5.41, 5.74) is 1.59. The van der Waals surface area contributed by atoms with Crippen LogP contribution in [0.4, 0.5) is 0 Å². The van der Waals surface area contributed by atoms with Crippen LogP contribution in [0.5, 0.6) is 5.75 Å². The van der Waals surface area contributed by atoms with E-state index < -0.39 is 11.9 Å². The van der Waals surface area contributed by atoms with E-state index in [-0.39, 0.29) is 6.61 Å². The van der Waals surface area contributed by atoms with Crippen molar-refractivity contribution in [3.05, 3.63) is 66.5 Å². The number of rotatable bonds is 7. The van der Waals surface area contributed by atoms with Gasteiger partial charge in [-0.3, -0.25) is 14.8 Å². The number of para-hydroxylation sites is 1. The molecule has 0 saturated heterocycles. The van der Waals surface area contributed by atoms with Crippen LogP contribution in [0.3, 0.4) is 0 Å². The molecule has 1 amide bonds. The molecule has 0 unspecified atom stereocenters. The van der Waals surface area contributed by atoms with Crippen LogP contribution in [0.25, 0.3) is 11.0 Å². The standard InChI is InChI=1S/C19H17N3O4/c23-18(22-10-11-25-15-4-2-1-3-5-15)13-26-19(24)14-6-7-16-17(12-14)21-9-8-20-16/h1-9,12H,10-11,13H2,(H,22,23). The number of carbonyl (C=O) groups is 2. The summed E-state index contributed by atoms with van der Waals surface area (Å²) >= 11 is 0. The molecule has 0 aliphatic carbocycles. The van der Waals surface area contributed by atoms with Crippen LogP contribution in [0.15, 0.2) is 60.9 Å². The maximum atomic E-state index is 12.0. The van der Waals surface area contributed by atoms with Gasteiger partial charge in [0.1, 0.15) is 12.4 Å². The van der Waals surface area contributed by atoms with E-state index in [2.05, 4.69) is 15.3 Å². The van der Waals surface area contributed by atoms with Gasteiger partial charge in [0.15, 0.2) is 6.61 Å². The topological polar surface area (TPSA) is 90.4 Å². The number of fused-ring (bicyclic) bond motifs is 1. The number of ether oxygens (including phenoxy) is 2. The zero-order chi connectivity index (χ0) is 18.2. The molecule has 7 heteroatoms. The minimum atomic E-state index is -0.590. The second kappa shape index (κ2) is 8.57. The van der Waals surface area contributed by atoms with Crippen molar-refractivity contribution < 1.29 is 19.1 Å². The molecule has 7 nitrogen and oxygen atoms in total. The predicted octanol–water partition coefficient (Wildman–Crippen LogP) is 1.98. The molecule has 0 bridgehead atoms. The van der Waals surface area contributed by atoms with E-state index in [1.807, 2.05) is 30.3 Å². The van der Waals surface area contributed by atoms with Gasteiger partial charge in [0.2, 0.25) is 0 Å². The number of nitrogens with one attached hydrogen (secondary N) is 1. The van der Waals surface area contributed by atoms with E-state index in [1.165, 1.54) is 0 Å². The lowest BCUT2D eigenvalue weighted by molar-refractivity contribution is -0.124. The van der Waals surface area contributed by atoms with E-state index in [0.29, 0.717) is 29.7 Å². The molecule has 0 saturated carbocycles. The smallest absolute Gasteiger partial charge is 0.338 e. The van der Waals surface area contributed by atoms with Gasteiger partial charge in [-0.15, -0.1) is 0 Å². The quantitative estimate of drug-likeness (QED) is 0.517. The first kappa shape index (κ1) is 17.3. The van der Waals surface area contributed by atoms with E-state index in [4.69, 9.17) is 9.47 Å². The highest BCUT2D eigenvalue weighted by atomic mass is 16.5. The fourth-order valence-electron chi connectivity index (χ4n) is 2.23. The van der Waals surface area contributed by atoms with E-state index in [9.17, 15) is 9.59 Å². The molecule has 0 radical (unpaired) electrons. The van der Waals surface area contributed by atoms with Gasteiger partial charge in [0.05, 0.1) is 23.1 Å². The van der Waals surface area contributed by atoms with E-state index >= 15 is 0 Å². The van der Waals surface area contributed by atoms with Gasteiger partial charge in [-0.25, -0.2) is 4.79 Å². The summed E-state index contributed by atoms with van der Waals surface area (Å²) in [7, 11) is 0. The maximum Gasteiger partial charge on any atom is 0.338 e. The minimum Gasteiger partial charge on any atom is -0.492 e. The molecule has 1 aromatic heterocycles. The summed E-state index contributed by atoms with van der Waals surface area (Å²) in [5, 5.41) is 2.63. The van der Waals surface area contributed by atoms with Crippen LogP contribution >= 0.6 is 0 Å². The molecule has 1 N–H and O–H groups in total. The van der Waals surface area contributed by atoms with Gasteiger partial charge in [0, 0.05) is 12.4 Å². The SMILES string of the molecule is O=C(COC(=O)c1ccc2nccnc2c1)NCCOc1ccccc1. The Bertz CT molecular complexity index is 899. The molecule has 0 aliphatic rings. The molecule has 3 aromatic rings. The fraction of sp³-hybridized carbons (Fsp3) is 0.158. The van der Waals surface area contributed by atoms with Crippen molar-refractivity contribution in [1.82, 2.24) is 15.3 Å². The second-order valence-electron chi connectivity index (χ2n) is 5.35. The lowest BCUT2D eigenvalue weighted by Gasteiger charge is -2.08. The van der Waals surface area contributed by atoms with Crippen molar-refractivity contribution in [2.75, 3.05) is 19.8 Å². The van der Waals surface area contributed by atoms with Crippen molar-refractivity contribution in [2.24, 2.45) is 0 Å². The summed E-state index contributed by atoms with van der Waals surface area (Å²) in [5.74, 6) is -0.253. The first-order chi connectivity index (χ1) is 12.7. The summed E-state index contributed by atoms with van der Waals surface area (Å²) in [6.07, 6.45) is 3.12. The number of hydrogen-bond acceptors (Lipinski definition) is 6. The minimum absolute atomic E-state index is 0.316. The second-order valence-corrected chi connectivity index (χ2v) is 5.35. The lowest BCUT2D eigenvalue weighted by atomic mass is 10.2. The third-order valence-electron chi connectivity index (χ3n) is 3.48. The molecule has 0 atom stereocenters. The highest BCUT2D eigenvalue weighted by molar-refractivity contribution is 5.94. The van der Waals surface area contributed by atoms with Gasteiger partial charge >= 0.3 is 5.97 Å². The third-order valence-corrected chi connectivity index (χ3v) is 3.48.